The maximum Gasteiger partial charge on any atom is 0.254 e. The van der Waals surface area contributed by atoms with Gasteiger partial charge in [-0.15, -0.1) is 5.10 Å². The zero-order valence-corrected chi connectivity index (χ0v) is 14.7. The number of nitrogens with one attached hydrogen (secondary N) is 1. The lowest BCUT2D eigenvalue weighted by molar-refractivity contribution is 0.100. The zero-order valence-electron chi connectivity index (χ0n) is 14.7. The van der Waals surface area contributed by atoms with Crippen LogP contribution in [0.15, 0.2) is 30.7 Å². The van der Waals surface area contributed by atoms with E-state index in [1.807, 2.05) is 6.92 Å². The molecule has 0 saturated carbocycles. The van der Waals surface area contributed by atoms with Gasteiger partial charge in [0.05, 0.1) is 17.4 Å². The first-order valence-corrected chi connectivity index (χ1v) is 8.15. The minimum atomic E-state index is -0.707. The number of aryl methyl sites for hydroxylation is 1. The van der Waals surface area contributed by atoms with Crippen LogP contribution in [0, 0.1) is 13.8 Å². The van der Waals surface area contributed by atoms with Crippen molar-refractivity contribution in [3.63, 3.8) is 0 Å². The molecule has 0 saturated heterocycles. The van der Waals surface area contributed by atoms with E-state index in [1.54, 1.807) is 37.6 Å². The predicted molar refractivity (Wildman–Crippen MR) is 100 cm³/mol. The van der Waals surface area contributed by atoms with E-state index < -0.39 is 5.91 Å². The van der Waals surface area contributed by atoms with Crippen LogP contribution >= 0.6 is 0 Å². The Kier molecular flexibility index (Phi) is 3.58. The first kappa shape index (κ1) is 16.6. The van der Waals surface area contributed by atoms with Gasteiger partial charge in [0.15, 0.2) is 11.5 Å². The van der Waals surface area contributed by atoms with Gasteiger partial charge in [-0.2, -0.15) is 5.10 Å². The van der Waals surface area contributed by atoms with Gasteiger partial charge in [0.1, 0.15) is 11.3 Å². The van der Waals surface area contributed by atoms with E-state index in [9.17, 15) is 9.90 Å². The van der Waals surface area contributed by atoms with Crippen LogP contribution < -0.4 is 11.5 Å². The maximum absolute atomic E-state index is 12.1. The van der Waals surface area contributed by atoms with Crippen molar-refractivity contribution in [1.82, 2.24) is 24.8 Å². The highest BCUT2D eigenvalue weighted by atomic mass is 16.3. The van der Waals surface area contributed by atoms with Crippen molar-refractivity contribution in [1.29, 1.82) is 0 Å². The molecule has 0 spiro atoms. The first-order chi connectivity index (χ1) is 12.9. The van der Waals surface area contributed by atoms with E-state index in [4.69, 9.17) is 11.5 Å². The topological polar surface area (TPSA) is 148 Å². The number of amides is 1. The van der Waals surface area contributed by atoms with E-state index in [0.717, 1.165) is 11.1 Å². The van der Waals surface area contributed by atoms with Crippen molar-refractivity contribution in [3.8, 4) is 28.3 Å². The third-order valence-corrected chi connectivity index (χ3v) is 4.58. The monoisotopic (exact) mass is 363 g/mol. The number of aromatic hydroxyl groups is 1. The van der Waals surface area contributed by atoms with Crippen LogP contribution in [0.3, 0.4) is 0 Å². The van der Waals surface area contributed by atoms with E-state index in [-0.39, 0.29) is 22.6 Å². The summed E-state index contributed by atoms with van der Waals surface area (Å²) >= 11 is 0. The number of nitrogens with two attached hydrogens (primary N) is 2. The number of H-pyrrole nitrogens is 1. The highest BCUT2D eigenvalue weighted by Crippen LogP contribution is 2.38. The second-order valence-corrected chi connectivity index (χ2v) is 6.29. The summed E-state index contributed by atoms with van der Waals surface area (Å²) in [6, 6.07) is 3.40. The molecule has 3 aromatic heterocycles. The second-order valence-electron chi connectivity index (χ2n) is 6.29. The number of aromatic amines is 1. The van der Waals surface area contributed by atoms with Crippen LogP contribution in [0.1, 0.15) is 21.5 Å². The largest absolute Gasteiger partial charge is 0.508 e. The van der Waals surface area contributed by atoms with Crippen molar-refractivity contribution in [2.45, 2.75) is 13.8 Å². The Morgan fingerprint density at radius 1 is 1.30 bits per heavy atom. The molecule has 136 valence electrons. The van der Waals surface area contributed by atoms with Crippen molar-refractivity contribution in [2.75, 3.05) is 5.73 Å². The number of benzene rings is 1. The zero-order chi connectivity index (χ0) is 19.3. The van der Waals surface area contributed by atoms with Gasteiger partial charge < -0.3 is 16.6 Å². The molecule has 0 bridgehead atoms. The number of nitrogen functional groups attached to an aromatic ring is 1. The van der Waals surface area contributed by atoms with Gasteiger partial charge in [-0.3, -0.25) is 9.89 Å². The number of phenolic OH excluding ortho intramolecular Hbond substituents is 1. The maximum atomic E-state index is 12.1. The molecule has 0 fully saturated rings. The highest BCUT2D eigenvalue weighted by Gasteiger charge is 2.23. The number of pyridine rings is 1. The van der Waals surface area contributed by atoms with E-state index >= 15 is 0 Å². The van der Waals surface area contributed by atoms with Gasteiger partial charge in [-0.25, -0.2) is 9.50 Å². The fourth-order valence-electron chi connectivity index (χ4n) is 3.22. The fraction of sp³-hybridized carbons (Fsp3) is 0.111. The minimum absolute atomic E-state index is 0.0805. The molecule has 9 nitrogen and oxygen atoms in total. The van der Waals surface area contributed by atoms with Crippen LogP contribution in [0.5, 0.6) is 5.75 Å². The highest BCUT2D eigenvalue weighted by molar-refractivity contribution is 6.07. The number of fused-ring (bicyclic) bond motifs is 1. The van der Waals surface area contributed by atoms with Gasteiger partial charge in [-0.05, 0) is 36.6 Å². The molecular formula is C18H17N7O2. The molecule has 9 heteroatoms. The molecule has 6 N–H and O–H groups in total. The number of primary amides is 1. The number of rotatable bonds is 3. The van der Waals surface area contributed by atoms with E-state index in [2.05, 4.69) is 20.3 Å². The standard InChI is InChI=1S/C18H17N7O2/c1-8-3-4-12(26)9(2)13(8)11-7-25-18(14(15(11)19)16(20)27)23-17(24-25)10-5-21-22-6-10/h3-7,26H,19H2,1-2H3,(H2,20,27)(H,21,22). The van der Waals surface area contributed by atoms with Crippen LogP contribution in [-0.2, 0) is 0 Å². The number of hydrogen-bond donors (Lipinski definition) is 4. The molecule has 0 aliphatic rings. The summed E-state index contributed by atoms with van der Waals surface area (Å²) in [5.41, 5.74) is 15.9. The molecule has 0 aliphatic heterocycles. The summed E-state index contributed by atoms with van der Waals surface area (Å²) in [5, 5.41) is 21.1. The SMILES string of the molecule is Cc1ccc(O)c(C)c1-c1cn2nc(-c3cn[nH]c3)nc2c(C(N)=O)c1N. The number of aromatic nitrogens is 5. The molecule has 0 unspecified atom stereocenters. The van der Waals surface area contributed by atoms with E-state index in [1.165, 1.54) is 4.52 Å². The molecule has 3 heterocycles. The molecule has 0 radical (unpaired) electrons. The average molecular weight is 363 g/mol. The van der Waals surface area contributed by atoms with Gasteiger partial charge in [0, 0.05) is 18.0 Å². The van der Waals surface area contributed by atoms with Crippen LogP contribution in [0.2, 0.25) is 0 Å². The van der Waals surface area contributed by atoms with Crippen LogP contribution in [0.25, 0.3) is 28.2 Å². The lowest BCUT2D eigenvalue weighted by Gasteiger charge is -2.15. The lowest BCUT2D eigenvalue weighted by Crippen LogP contribution is -2.16. The molecule has 1 amide bonds. The minimum Gasteiger partial charge on any atom is -0.508 e. The third kappa shape index (κ3) is 2.48. The Balaban J connectivity index is 2.08. The molecule has 27 heavy (non-hydrogen) atoms. The number of carbonyl (C=O) groups excluding carboxylic acids is 1. The van der Waals surface area contributed by atoms with Crippen molar-refractivity contribution in [3.05, 3.63) is 47.4 Å². The number of nitrogens with zero attached hydrogens (tertiary/aromatic N) is 4. The van der Waals surface area contributed by atoms with Crippen molar-refractivity contribution >= 4 is 17.2 Å². The molecule has 4 rings (SSSR count). The molecule has 1 aromatic carbocycles. The quantitative estimate of drug-likeness (QED) is 0.436. The number of phenols is 1. The fourth-order valence-corrected chi connectivity index (χ4v) is 3.22. The summed E-state index contributed by atoms with van der Waals surface area (Å²) < 4.78 is 1.47. The normalized spacial score (nSPS) is 11.2. The van der Waals surface area contributed by atoms with Crippen LogP contribution in [0.4, 0.5) is 5.69 Å². The average Bonchev–Trinajstić information content (AvgIpc) is 3.27. The van der Waals surface area contributed by atoms with E-state index in [0.29, 0.717) is 22.5 Å². The summed E-state index contributed by atoms with van der Waals surface area (Å²) in [6.45, 7) is 3.68. The Hall–Kier alpha value is -3.88. The van der Waals surface area contributed by atoms with Crippen LogP contribution in [-0.4, -0.2) is 35.8 Å². The van der Waals surface area contributed by atoms with Crippen molar-refractivity contribution in [2.24, 2.45) is 5.73 Å². The summed E-state index contributed by atoms with van der Waals surface area (Å²) in [6.07, 6.45) is 4.90. The number of anilines is 1. The summed E-state index contributed by atoms with van der Waals surface area (Å²) in [5.74, 6) is -0.193. The number of carbonyl (C=O) groups is 1. The molecule has 4 aromatic rings. The first-order valence-electron chi connectivity index (χ1n) is 8.15. The van der Waals surface area contributed by atoms with Gasteiger partial charge in [0.2, 0.25) is 0 Å². The van der Waals surface area contributed by atoms with Gasteiger partial charge in [-0.1, -0.05) is 6.07 Å². The second kappa shape index (κ2) is 5.84. The summed E-state index contributed by atoms with van der Waals surface area (Å²) in [7, 11) is 0. The molecule has 0 atom stereocenters. The Morgan fingerprint density at radius 2 is 2.07 bits per heavy atom. The Bertz CT molecular complexity index is 1190. The number of hydrogen-bond acceptors (Lipinski definition) is 6. The summed E-state index contributed by atoms with van der Waals surface area (Å²) in [4.78, 5) is 16.5. The molecular weight excluding hydrogens is 346 g/mol. The Morgan fingerprint density at radius 3 is 2.74 bits per heavy atom. The van der Waals surface area contributed by atoms with Gasteiger partial charge in [0.25, 0.3) is 5.91 Å². The molecule has 0 aliphatic carbocycles. The van der Waals surface area contributed by atoms with Gasteiger partial charge >= 0.3 is 0 Å². The Labute approximate surface area is 153 Å². The third-order valence-electron chi connectivity index (χ3n) is 4.58. The van der Waals surface area contributed by atoms with Crippen molar-refractivity contribution < 1.29 is 9.90 Å². The lowest BCUT2D eigenvalue weighted by atomic mass is 9.93. The smallest absolute Gasteiger partial charge is 0.254 e. The predicted octanol–water partition coefficient (Wildman–Crippen LogP) is 1.79.